The molecule has 0 spiro atoms. The van der Waals surface area contributed by atoms with Crippen LogP contribution in [0.4, 0.5) is 5.69 Å². The minimum absolute atomic E-state index is 0.133. The second kappa shape index (κ2) is 4.03. The summed E-state index contributed by atoms with van der Waals surface area (Å²) in [6, 6.07) is 6.02. The largest absolute Gasteiger partial charge is 0.270 e. The molecule has 0 fully saturated rings. The van der Waals surface area contributed by atoms with Gasteiger partial charge in [-0.1, -0.05) is 13.8 Å². The van der Waals surface area contributed by atoms with Crippen LogP contribution in [0.2, 0.25) is 0 Å². The summed E-state index contributed by atoms with van der Waals surface area (Å²) in [5.41, 5.74) is 2.24. The van der Waals surface area contributed by atoms with Crippen molar-refractivity contribution in [3.05, 3.63) is 39.4 Å². The van der Waals surface area contributed by atoms with Crippen LogP contribution in [-0.2, 0) is 12.8 Å². The highest BCUT2D eigenvalue weighted by Crippen LogP contribution is 2.18. The first-order chi connectivity index (χ1) is 6.19. The van der Waals surface area contributed by atoms with Crippen molar-refractivity contribution >= 4 is 5.69 Å². The van der Waals surface area contributed by atoms with E-state index in [-0.39, 0.29) is 10.6 Å². The third-order valence-electron chi connectivity index (χ3n) is 2.05. The van der Waals surface area contributed by atoms with Crippen LogP contribution in [0.1, 0.15) is 25.0 Å². The quantitative estimate of drug-likeness (QED) is 0.527. The monoisotopic (exact) mass is 178 g/mol. The predicted molar refractivity (Wildman–Crippen MR) is 50.7 cm³/mol. The number of aryl methyl sites for hydroxylation is 2. The van der Waals surface area contributed by atoms with Gasteiger partial charge in [0.05, 0.1) is 4.92 Å². The molecule has 13 heavy (non-hydrogen) atoms. The molecule has 1 rings (SSSR count). The Balaban J connectivity index is 3.13. The molecule has 1 radical (unpaired) electrons. The summed E-state index contributed by atoms with van der Waals surface area (Å²) < 4.78 is 0. The lowest BCUT2D eigenvalue weighted by atomic mass is 10.0. The summed E-state index contributed by atoms with van der Waals surface area (Å²) in [5.74, 6) is 0. The van der Waals surface area contributed by atoms with Crippen molar-refractivity contribution in [3.8, 4) is 0 Å². The van der Waals surface area contributed by atoms with Gasteiger partial charge in [0, 0.05) is 12.1 Å². The minimum Gasteiger partial charge on any atom is -0.258 e. The Bertz CT molecular complexity index is 321. The molecular weight excluding hydrogens is 166 g/mol. The molecule has 0 saturated carbocycles. The van der Waals surface area contributed by atoms with Gasteiger partial charge in [0.15, 0.2) is 0 Å². The summed E-state index contributed by atoms with van der Waals surface area (Å²) in [6.45, 7) is 4.02. The van der Waals surface area contributed by atoms with Gasteiger partial charge in [0.1, 0.15) is 0 Å². The zero-order chi connectivity index (χ0) is 9.84. The Morgan fingerprint density at radius 2 is 2.15 bits per heavy atom. The van der Waals surface area contributed by atoms with Crippen LogP contribution in [0.5, 0.6) is 0 Å². The molecule has 1 aromatic rings. The van der Waals surface area contributed by atoms with Crippen LogP contribution in [0.3, 0.4) is 0 Å². The Kier molecular flexibility index (Phi) is 3.01. The minimum atomic E-state index is -0.380. The number of rotatable bonds is 3. The maximum atomic E-state index is 10.5. The van der Waals surface area contributed by atoms with Crippen molar-refractivity contribution in [2.75, 3.05) is 0 Å². The highest BCUT2D eigenvalue weighted by Gasteiger charge is 2.08. The third kappa shape index (κ3) is 2.05. The van der Waals surface area contributed by atoms with Gasteiger partial charge in [-0.05, 0) is 30.0 Å². The number of nitro benzene ring substituents is 1. The van der Waals surface area contributed by atoms with E-state index in [9.17, 15) is 10.1 Å². The molecule has 0 bridgehead atoms. The van der Waals surface area contributed by atoms with E-state index in [4.69, 9.17) is 0 Å². The van der Waals surface area contributed by atoms with Crippen LogP contribution in [-0.4, -0.2) is 4.92 Å². The highest BCUT2D eigenvalue weighted by atomic mass is 16.6. The summed E-state index contributed by atoms with van der Waals surface area (Å²) in [7, 11) is 0. The Hall–Kier alpha value is -1.38. The van der Waals surface area contributed by atoms with E-state index in [2.05, 4.69) is 6.07 Å². The Morgan fingerprint density at radius 1 is 1.46 bits per heavy atom. The fraction of sp³-hybridized carbons (Fsp3) is 0.400. The van der Waals surface area contributed by atoms with Gasteiger partial charge < -0.3 is 0 Å². The lowest BCUT2D eigenvalue weighted by Gasteiger charge is -2.03. The van der Waals surface area contributed by atoms with Crippen molar-refractivity contribution in [1.29, 1.82) is 0 Å². The van der Waals surface area contributed by atoms with E-state index in [1.807, 2.05) is 13.8 Å². The lowest BCUT2D eigenvalue weighted by molar-refractivity contribution is -0.385. The molecule has 3 heteroatoms. The van der Waals surface area contributed by atoms with Crippen molar-refractivity contribution in [2.24, 2.45) is 0 Å². The average Bonchev–Trinajstić information content (AvgIpc) is 2.16. The average molecular weight is 178 g/mol. The highest BCUT2D eigenvalue weighted by molar-refractivity contribution is 5.39. The van der Waals surface area contributed by atoms with E-state index in [1.54, 1.807) is 6.07 Å². The van der Waals surface area contributed by atoms with Gasteiger partial charge in [-0.25, -0.2) is 0 Å². The molecule has 0 atom stereocenters. The van der Waals surface area contributed by atoms with Crippen molar-refractivity contribution in [2.45, 2.75) is 26.7 Å². The van der Waals surface area contributed by atoms with Gasteiger partial charge in [-0.3, -0.25) is 10.1 Å². The van der Waals surface area contributed by atoms with Crippen LogP contribution in [0.15, 0.2) is 12.1 Å². The zero-order valence-electron chi connectivity index (χ0n) is 7.83. The topological polar surface area (TPSA) is 43.1 Å². The molecule has 0 aliphatic heterocycles. The molecule has 0 aliphatic rings. The standard InChI is InChI=1S/C10H12NO2/c1-3-8-5-6-10(11(12)13)7-9(8)4-2/h6-7H,3-4H2,1-2H3. The summed E-state index contributed by atoms with van der Waals surface area (Å²) in [6.07, 6.45) is 1.70. The SMILES string of the molecule is CCc1[c]cc([N+](=O)[O-])cc1CC. The van der Waals surface area contributed by atoms with Crippen molar-refractivity contribution < 1.29 is 4.92 Å². The van der Waals surface area contributed by atoms with E-state index >= 15 is 0 Å². The molecule has 0 heterocycles. The van der Waals surface area contributed by atoms with Gasteiger partial charge in [-0.2, -0.15) is 0 Å². The first-order valence-electron chi connectivity index (χ1n) is 4.36. The number of hydrogen-bond acceptors (Lipinski definition) is 2. The number of benzene rings is 1. The zero-order valence-corrected chi connectivity index (χ0v) is 7.83. The molecule has 1 aromatic carbocycles. The molecule has 0 unspecified atom stereocenters. The van der Waals surface area contributed by atoms with Crippen LogP contribution in [0.25, 0.3) is 0 Å². The third-order valence-corrected chi connectivity index (χ3v) is 2.05. The van der Waals surface area contributed by atoms with Gasteiger partial charge >= 0.3 is 0 Å². The van der Waals surface area contributed by atoms with E-state index < -0.39 is 0 Å². The smallest absolute Gasteiger partial charge is 0.258 e. The molecule has 0 amide bonds. The number of non-ortho nitro benzene ring substituents is 1. The van der Waals surface area contributed by atoms with E-state index in [0.717, 1.165) is 24.0 Å². The molecule has 0 N–H and O–H groups in total. The van der Waals surface area contributed by atoms with Crippen LogP contribution in [0, 0.1) is 16.2 Å². The van der Waals surface area contributed by atoms with E-state index in [1.165, 1.54) is 6.07 Å². The molecule has 0 aliphatic carbocycles. The Labute approximate surface area is 77.5 Å². The summed E-state index contributed by atoms with van der Waals surface area (Å²) in [4.78, 5) is 10.1. The first kappa shape index (κ1) is 9.71. The van der Waals surface area contributed by atoms with Gasteiger partial charge in [0.2, 0.25) is 0 Å². The Morgan fingerprint density at radius 3 is 2.62 bits per heavy atom. The fourth-order valence-corrected chi connectivity index (χ4v) is 1.31. The van der Waals surface area contributed by atoms with Crippen LogP contribution >= 0.6 is 0 Å². The maximum Gasteiger partial charge on any atom is 0.270 e. The number of nitro groups is 1. The number of nitrogens with zero attached hydrogens (tertiary/aromatic N) is 1. The van der Waals surface area contributed by atoms with Crippen LogP contribution < -0.4 is 0 Å². The van der Waals surface area contributed by atoms with Gasteiger partial charge in [0.25, 0.3) is 5.69 Å². The first-order valence-corrected chi connectivity index (χ1v) is 4.36. The number of hydrogen-bond donors (Lipinski definition) is 0. The maximum absolute atomic E-state index is 10.5. The molecular formula is C10H12NO2. The summed E-state index contributed by atoms with van der Waals surface area (Å²) in [5, 5.41) is 10.5. The normalized spacial score (nSPS) is 10.0. The molecule has 3 nitrogen and oxygen atoms in total. The predicted octanol–water partition coefficient (Wildman–Crippen LogP) is 2.52. The lowest BCUT2D eigenvalue weighted by Crippen LogP contribution is -1.94. The van der Waals surface area contributed by atoms with E-state index in [0.29, 0.717) is 0 Å². The second-order valence-corrected chi connectivity index (χ2v) is 2.83. The van der Waals surface area contributed by atoms with Crippen molar-refractivity contribution in [1.82, 2.24) is 0 Å². The fourth-order valence-electron chi connectivity index (χ4n) is 1.31. The molecule has 69 valence electrons. The summed E-state index contributed by atoms with van der Waals surface area (Å²) >= 11 is 0. The second-order valence-electron chi connectivity index (χ2n) is 2.83. The molecule has 0 aromatic heterocycles. The van der Waals surface area contributed by atoms with Crippen molar-refractivity contribution in [3.63, 3.8) is 0 Å². The van der Waals surface area contributed by atoms with Gasteiger partial charge in [-0.15, -0.1) is 0 Å². The molecule has 0 saturated heterocycles.